The highest BCUT2D eigenvalue weighted by molar-refractivity contribution is 7.88. The molecule has 3 heterocycles. The number of nitrogens with zero attached hydrogens (tertiary/aromatic N) is 4. The lowest BCUT2D eigenvalue weighted by Gasteiger charge is -2.38. The maximum absolute atomic E-state index is 13.3. The number of sulfonamides is 1. The van der Waals surface area contributed by atoms with E-state index in [-0.39, 0.29) is 97.4 Å². The lowest BCUT2D eigenvalue weighted by Crippen LogP contribution is -2.62. The number of hydrazine groups is 1. The van der Waals surface area contributed by atoms with E-state index in [0.717, 1.165) is 117 Å². The van der Waals surface area contributed by atoms with Gasteiger partial charge in [0, 0.05) is 94.7 Å². The van der Waals surface area contributed by atoms with E-state index in [1.54, 1.807) is 41.8 Å². The Kier molecular flexibility index (Phi) is 45.0. The molecule has 10 atom stereocenters. The summed E-state index contributed by atoms with van der Waals surface area (Å²) in [7, 11) is -3.57. The van der Waals surface area contributed by atoms with Gasteiger partial charge in [-0.15, -0.1) is 0 Å². The van der Waals surface area contributed by atoms with Crippen molar-refractivity contribution in [1.82, 2.24) is 51.8 Å². The van der Waals surface area contributed by atoms with Gasteiger partial charge in [-0.05, 0) is 109 Å². The zero-order valence-electron chi connectivity index (χ0n) is 72.6. The number of carbonyl (C=O) groups excluding carboxylic acids is 10. The van der Waals surface area contributed by atoms with Crippen LogP contribution in [0.5, 0.6) is 11.5 Å². The van der Waals surface area contributed by atoms with Crippen LogP contribution < -0.4 is 47.9 Å². The molecule has 12 N–H and O–H groups in total. The van der Waals surface area contributed by atoms with Crippen LogP contribution >= 0.6 is 0 Å². The number of piperazine rings is 1. The number of amides is 7. The predicted octanol–water partition coefficient (Wildman–Crippen LogP) is 11.1. The molecule has 4 aromatic carbocycles. The monoisotopic (exact) mass is 1690 g/mol. The first-order valence-electron chi connectivity index (χ1n) is 42.9. The molecule has 0 radical (unpaired) electrons. The zero-order chi connectivity index (χ0) is 88.6. The summed E-state index contributed by atoms with van der Waals surface area (Å²) < 4.78 is 36.3. The van der Waals surface area contributed by atoms with Gasteiger partial charge in [0.2, 0.25) is 52.3 Å². The highest BCUT2D eigenvalue weighted by Crippen LogP contribution is 2.37. The van der Waals surface area contributed by atoms with Gasteiger partial charge in [0.25, 0.3) is 5.91 Å². The van der Waals surface area contributed by atoms with Gasteiger partial charge in [0.15, 0.2) is 23.1 Å². The van der Waals surface area contributed by atoms with Gasteiger partial charge in [-0.1, -0.05) is 237 Å². The Labute approximate surface area is 710 Å². The number of rotatable bonds is 42. The molecule has 0 bridgehead atoms. The van der Waals surface area contributed by atoms with E-state index in [1.807, 2.05) is 176 Å². The Bertz CT molecular complexity index is 3940. The van der Waals surface area contributed by atoms with Crippen LogP contribution in [0.25, 0.3) is 6.08 Å². The Morgan fingerprint density at radius 2 is 1.21 bits per heavy atom. The smallest absolute Gasteiger partial charge is 0.261 e. The standard InChI is InChI=1S/C23H36N2O5S.C23H29NO3.C22H32N4O5.C22H40N4O5/c1-17(2)14-21(22(26)16-25(15-18(3)4)31(5,29)30)20(23(27)24-28)13-9-12-19-10-7-6-8-11-19;1-16(2)14-20(17(3)23(26)24-27)22(25)15-21(18-10-6-4-7-11-18)19-12-8-5-9-13-19;23-20(21(27)24-29)17(11-15-3-1-2-4-15)22(28)26-9-7-25(8-10-26)13-16-5-6-18-19(12-16)31-14-30-18;1-5-8-9-11-16(14-19(28)25-31)22(30)26-17(12-10-13-23-26)21(29)24-20(15(4)6-2)18(27)7-3/h6-12,17-18,20-21,28H,13-16H2,1-5H3,(H,24,27);4-13,16-17,20-21,27H,14-15H2,1-3H3,(H,24,26);5-6,12,15,17,20,29H,1-4,7-11,13-14,23H2,(H,24,27);15-17,20,23,31H,5-14H2,1-4H3,(H,24,29)(H,25,28)/b12-9+;;;/t20-,21+;2*17-,20+;15?,16-,17+,20+/m0011/s1. The number of ketones is 3. The van der Waals surface area contributed by atoms with E-state index < -0.39 is 87.3 Å². The van der Waals surface area contributed by atoms with E-state index in [9.17, 15) is 61.6 Å². The minimum atomic E-state index is -3.57. The number of carbonyl (C=O) groups is 10. The molecular formula is C90H137N11O18S. The van der Waals surface area contributed by atoms with Crippen LogP contribution in [0.4, 0.5) is 0 Å². The quantitative estimate of drug-likeness (QED) is 0.0111. The fourth-order valence-electron chi connectivity index (χ4n) is 15.9. The van der Waals surface area contributed by atoms with E-state index in [1.165, 1.54) is 9.31 Å². The molecule has 0 aromatic heterocycles. The molecule has 1 unspecified atom stereocenters. The fourth-order valence-corrected chi connectivity index (χ4v) is 16.8. The highest BCUT2D eigenvalue weighted by atomic mass is 32.2. The second-order valence-electron chi connectivity index (χ2n) is 33.5. The minimum Gasteiger partial charge on any atom is -0.454 e. The largest absolute Gasteiger partial charge is 0.454 e. The lowest BCUT2D eigenvalue weighted by molar-refractivity contribution is -0.152. The first-order chi connectivity index (χ1) is 57.2. The summed E-state index contributed by atoms with van der Waals surface area (Å²) in [5, 5.41) is 40.4. The molecular weight excluding hydrogens is 1560 g/mol. The van der Waals surface area contributed by atoms with Gasteiger partial charge >= 0.3 is 0 Å². The number of nitrogens with one attached hydrogen (secondary N) is 6. The molecule has 29 nitrogen and oxygen atoms in total. The van der Waals surface area contributed by atoms with Crippen molar-refractivity contribution in [2.24, 2.45) is 70.8 Å². The Balaban J connectivity index is 0.000000285. The maximum atomic E-state index is 13.3. The number of hydrogen-bond acceptors (Lipinski definition) is 21. The van der Waals surface area contributed by atoms with Crippen molar-refractivity contribution in [3.63, 3.8) is 0 Å². The molecule has 0 spiro atoms. The van der Waals surface area contributed by atoms with Crippen LogP contribution in [-0.2, 0) is 64.5 Å². The van der Waals surface area contributed by atoms with E-state index in [4.69, 9.17) is 30.8 Å². The average molecular weight is 1690 g/mol. The molecule has 3 fully saturated rings. The number of benzene rings is 4. The normalized spacial score (nSPS) is 17.2. The Morgan fingerprint density at radius 3 is 1.75 bits per heavy atom. The summed E-state index contributed by atoms with van der Waals surface area (Å²) in [6, 6.07) is 33.1. The number of Topliss-reactive ketones (excluding diaryl/α,β-unsaturated/α-hetero) is 3. The predicted molar refractivity (Wildman–Crippen MR) is 458 cm³/mol. The van der Waals surface area contributed by atoms with Gasteiger partial charge in [-0.3, -0.25) is 78.7 Å². The topological polar surface area (TPSA) is 415 Å². The van der Waals surface area contributed by atoms with Crippen molar-refractivity contribution in [3.05, 3.63) is 138 Å². The van der Waals surface area contributed by atoms with E-state index >= 15 is 0 Å². The number of unbranched alkanes of at least 4 members (excludes halogenated alkanes) is 2. The summed E-state index contributed by atoms with van der Waals surface area (Å²) >= 11 is 0. The molecule has 3 aliphatic heterocycles. The minimum absolute atomic E-state index is 0.00727. The van der Waals surface area contributed by atoms with Crippen LogP contribution in [0.2, 0.25) is 0 Å². The van der Waals surface area contributed by atoms with Gasteiger partial charge in [0.1, 0.15) is 11.8 Å². The number of hydrogen-bond donors (Lipinski definition) is 11. The number of ether oxygens (including phenoxy) is 2. The second-order valence-corrected chi connectivity index (χ2v) is 35.5. The third kappa shape index (κ3) is 33.5. The second kappa shape index (κ2) is 53.1. The van der Waals surface area contributed by atoms with Crippen molar-refractivity contribution in [2.45, 2.75) is 222 Å². The van der Waals surface area contributed by atoms with Gasteiger partial charge in [-0.2, -0.15) is 4.31 Å². The first-order valence-corrected chi connectivity index (χ1v) is 44.7. The number of hydroxylamine groups is 4. The van der Waals surface area contributed by atoms with Crippen molar-refractivity contribution < 1.29 is 86.7 Å². The lowest BCUT2D eigenvalue weighted by atomic mass is 9.77. The van der Waals surface area contributed by atoms with Crippen LogP contribution in [0.1, 0.15) is 220 Å². The van der Waals surface area contributed by atoms with Gasteiger partial charge in [0.05, 0.1) is 36.7 Å². The van der Waals surface area contributed by atoms with Crippen LogP contribution in [0, 0.1) is 65.1 Å². The van der Waals surface area contributed by atoms with Gasteiger partial charge < -0.3 is 25.4 Å². The summed E-state index contributed by atoms with van der Waals surface area (Å²) in [6.07, 6.45) is 16.7. The first kappa shape index (κ1) is 102. The molecule has 2 saturated heterocycles. The molecule has 120 heavy (non-hydrogen) atoms. The molecule has 30 heteroatoms. The maximum Gasteiger partial charge on any atom is 0.261 e. The van der Waals surface area contributed by atoms with E-state index in [2.05, 4.69) is 22.6 Å². The average Bonchev–Trinajstić information content (AvgIpc) is 1.13. The Hall–Kier alpha value is -8.85. The molecule has 1 aliphatic carbocycles. The van der Waals surface area contributed by atoms with Crippen molar-refractivity contribution in [2.75, 3.05) is 58.9 Å². The molecule has 4 aliphatic rings. The van der Waals surface area contributed by atoms with E-state index in [0.29, 0.717) is 70.5 Å². The molecule has 666 valence electrons. The zero-order valence-corrected chi connectivity index (χ0v) is 73.4. The molecule has 7 amide bonds. The number of allylic oxidation sites excluding steroid dienone is 1. The van der Waals surface area contributed by atoms with Gasteiger partial charge in [-0.25, -0.2) is 35.8 Å². The van der Waals surface area contributed by atoms with Crippen molar-refractivity contribution in [1.29, 1.82) is 0 Å². The number of fused-ring (bicyclic) bond motifs is 1. The molecule has 4 aromatic rings. The van der Waals surface area contributed by atoms with Crippen LogP contribution in [0.3, 0.4) is 0 Å². The van der Waals surface area contributed by atoms with Crippen LogP contribution in [-0.4, -0.2) is 184 Å². The van der Waals surface area contributed by atoms with Crippen LogP contribution in [0.15, 0.2) is 115 Å². The fraction of sp³-hybridized carbons (Fsp3) is 0.600. The third-order valence-corrected chi connectivity index (χ3v) is 24.0. The number of nitrogens with two attached hydrogens (primary N) is 1. The molecule has 1 saturated carbocycles. The SMILES string of the molecule is CC(C)C[C@@H](C(=O)CC(c1ccccc1)c1ccccc1)[C@H](C)C(=O)NO.CC(C)C[C@@H](C(=O)CN(CC(C)C)S(C)(=O)=O)[C@H](C/C=C/c1ccccc1)C(=O)NO.CCCCC[C@H](CC(=O)NO)C(=O)N1NCCC[C@H]1C(=O)N[C@H](C(=O)CC)C(C)CC.N[C@H](C(=O)NO)[C@@H](CC1CCCC1)C(=O)N1CCN(Cc2ccc3c(c2)OCO3)CC1. The summed E-state index contributed by atoms with van der Waals surface area (Å²) in [5.41, 5.74) is 20.0. The van der Waals surface area contributed by atoms with Crippen molar-refractivity contribution >= 4 is 74.8 Å². The van der Waals surface area contributed by atoms with Crippen molar-refractivity contribution in [3.8, 4) is 11.5 Å². The summed E-state index contributed by atoms with van der Waals surface area (Å²) in [5.74, 6) is -4.95. The summed E-state index contributed by atoms with van der Waals surface area (Å²) in [4.78, 5) is 131. The third-order valence-electron chi connectivity index (χ3n) is 22.8. The Morgan fingerprint density at radius 1 is 0.625 bits per heavy atom. The summed E-state index contributed by atoms with van der Waals surface area (Å²) in [6.45, 7) is 25.4. The molecule has 8 rings (SSSR count). The highest BCUT2D eigenvalue weighted by Gasteiger charge is 2.42.